The molecular weight excluding hydrogens is 144 g/mol. The van der Waals surface area contributed by atoms with Crippen molar-refractivity contribution in [3.8, 4) is 0 Å². The zero-order valence-electron chi connectivity index (χ0n) is 6.72. The van der Waals surface area contributed by atoms with Crippen LogP contribution in [0.1, 0.15) is 27.7 Å². The predicted molar refractivity (Wildman–Crippen MR) is 44.5 cm³/mol. The van der Waals surface area contributed by atoms with Crippen molar-refractivity contribution in [1.82, 2.24) is 0 Å². The van der Waals surface area contributed by atoms with Gasteiger partial charge in [-0.15, -0.1) is 0 Å². The van der Waals surface area contributed by atoms with Crippen LogP contribution in [-0.4, -0.2) is 25.8 Å². The highest BCUT2D eigenvalue weighted by Gasteiger charge is 2.11. The van der Waals surface area contributed by atoms with E-state index in [-0.39, 0.29) is 13.4 Å². The molecule has 0 spiro atoms. The number of esters is 1. The number of carbonyl (C=O) groups excluding carboxylic acids is 1. The second-order valence-electron chi connectivity index (χ2n) is 2.05. The van der Waals surface area contributed by atoms with Crippen molar-refractivity contribution in [3.63, 3.8) is 0 Å². The molecular formula is C8H18O3. The molecule has 0 heterocycles. The Morgan fingerprint density at radius 1 is 1.55 bits per heavy atom. The lowest BCUT2D eigenvalue weighted by molar-refractivity contribution is -0.154. The van der Waals surface area contributed by atoms with E-state index in [2.05, 4.69) is 0 Å². The second-order valence-corrected chi connectivity index (χ2v) is 2.05. The van der Waals surface area contributed by atoms with Gasteiger partial charge in [-0.1, -0.05) is 14.4 Å². The molecule has 0 amide bonds. The first kappa shape index (κ1) is 13.1. The zero-order valence-corrected chi connectivity index (χ0v) is 6.72. The maximum Gasteiger partial charge on any atom is 0.334 e. The molecule has 0 aliphatic carbocycles. The minimum atomic E-state index is -0.438. The summed E-state index contributed by atoms with van der Waals surface area (Å²) < 4.78 is 9.51. The van der Waals surface area contributed by atoms with E-state index in [4.69, 9.17) is 9.47 Å². The third-order valence-electron chi connectivity index (χ3n) is 1.13. The lowest BCUT2D eigenvalue weighted by atomic mass is 10.4. The molecule has 3 heteroatoms. The van der Waals surface area contributed by atoms with E-state index in [0.717, 1.165) is 6.42 Å². The number of ether oxygens (including phenoxy) is 2. The van der Waals surface area contributed by atoms with E-state index in [1.54, 1.807) is 6.92 Å². The molecule has 0 fully saturated rings. The predicted octanol–water partition coefficient (Wildman–Crippen LogP) is 1.61. The molecule has 0 aromatic rings. The fourth-order valence-electron chi connectivity index (χ4n) is 0.416. The first-order chi connectivity index (χ1) is 4.72. The van der Waals surface area contributed by atoms with Gasteiger partial charge in [0.05, 0.1) is 6.61 Å². The lowest BCUT2D eigenvalue weighted by Crippen LogP contribution is -2.21. The minimum Gasteiger partial charge on any atom is -0.464 e. The van der Waals surface area contributed by atoms with E-state index < -0.39 is 6.10 Å². The van der Waals surface area contributed by atoms with Crippen molar-refractivity contribution < 1.29 is 14.3 Å². The fourth-order valence-corrected chi connectivity index (χ4v) is 0.416. The quantitative estimate of drug-likeness (QED) is 0.589. The van der Waals surface area contributed by atoms with Crippen LogP contribution in [0.3, 0.4) is 0 Å². The normalized spacial score (nSPS) is 11.5. The van der Waals surface area contributed by atoms with Gasteiger partial charge in [-0.25, -0.2) is 4.79 Å². The molecule has 0 bridgehead atoms. The Morgan fingerprint density at radius 3 is 2.45 bits per heavy atom. The van der Waals surface area contributed by atoms with E-state index in [1.165, 1.54) is 7.11 Å². The van der Waals surface area contributed by atoms with Crippen molar-refractivity contribution in [3.05, 3.63) is 0 Å². The summed E-state index contributed by atoms with van der Waals surface area (Å²) in [5.74, 6) is -0.288. The number of hydrogen-bond acceptors (Lipinski definition) is 3. The Labute approximate surface area is 68.7 Å². The first-order valence-corrected chi connectivity index (χ1v) is 3.41. The van der Waals surface area contributed by atoms with Gasteiger partial charge in [0.1, 0.15) is 0 Å². The highest BCUT2D eigenvalue weighted by atomic mass is 16.6. The Kier molecular flexibility index (Phi) is 8.94. The molecule has 0 aromatic carbocycles. The standard InChI is InChI=1S/C7H14O3.CH4/c1-4-5-10-7(8)6(2)9-3;/h6H,4-5H2,1-3H3;1H4. The molecule has 0 aliphatic heterocycles. The van der Waals surface area contributed by atoms with Gasteiger partial charge in [-0.05, 0) is 13.3 Å². The lowest BCUT2D eigenvalue weighted by Gasteiger charge is -2.07. The van der Waals surface area contributed by atoms with Gasteiger partial charge in [0, 0.05) is 7.11 Å². The third kappa shape index (κ3) is 5.85. The van der Waals surface area contributed by atoms with E-state index in [9.17, 15) is 4.79 Å². The summed E-state index contributed by atoms with van der Waals surface area (Å²) in [6.07, 6.45) is 0.411. The van der Waals surface area contributed by atoms with Crippen molar-refractivity contribution in [2.75, 3.05) is 13.7 Å². The van der Waals surface area contributed by atoms with Gasteiger partial charge in [0.15, 0.2) is 6.10 Å². The van der Waals surface area contributed by atoms with Gasteiger partial charge in [0.25, 0.3) is 0 Å². The van der Waals surface area contributed by atoms with Crippen LogP contribution in [0, 0.1) is 0 Å². The van der Waals surface area contributed by atoms with Crippen LogP contribution in [0.2, 0.25) is 0 Å². The van der Waals surface area contributed by atoms with E-state index >= 15 is 0 Å². The van der Waals surface area contributed by atoms with Crippen molar-refractivity contribution >= 4 is 5.97 Å². The fraction of sp³-hybridized carbons (Fsp3) is 0.875. The summed E-state index contributed by atoms with van der Waals surface area (Å²) in [6.45, 7) is 4.09. The van der Waals surface area contributed by atoms with Crippen LogP contribution >= 0.6 is 0 Å². The Morgan fingerprint density at radius 2 is 2.09 bits per heavy atom. The van der Waals surface area contributed by atoms with Crippen molar-refractivity contribution in [2.24, 2.45) is 0 Å². The molecule has 3 nitrogen and oxygen atoms in total. The van der Waals surface area contributed by atoms with Gasteiger partial charge in [-0.3, -0.25) is 0 Å². The van der Waals surface area contributed by atoms with Gasteiger partial charge in [-0.2, -0.15) is 0 Å². The summed E-state index contributed by atoms with van der Waals surface area (Å²) in [4.78, 5) is 10.8. The largest absolute Gasteiger partial charge is 0.464 e. The van der Waals surface area contributed by atoms with Crippen LogP contribution in [0.15, 0.2) is 0 Å². The average Bonchev–Trinajstić information content (AvgIpc) is 1.98. The third-order valence-corrected chi connectivity index (χ3v) is 1.13. The highest BCUT2D eigenvalue weighted by molar-refractivity contribution is 5.74. The maximum absolute atomic E-state index is 10.8. The first-order valence-electron chi connectivity index (χ1n) is 3.41. The molecule has 0 N–H and O–H groups in total. The highest BCUT2D eigenvalue weighted by Crippen LogP contribution is 1.92. The molecule has 0 aliphatic rings. The Hall–Kier alpha value is -0.570. The number of carbonyl (C=O) groups is 1. The van der Waals surface area contributed by atoms with Crippen molar-refractivity contribution in [1.29, 1.82) is 0 Å². The van der Waals surface area contributed by atoms with E-state index in [0.29, 0.717) is 6.61 Å². The summed E-state index contributed by atoms with van der Waals surface area (Å²) in [5, 5.41) is 0. The summed E-state index contributed by atoms with van der Waals surface area (Å²) >= 11 is 0. The molecule has 0 saturated carbocycles. The van der Waals surface area contributed by atoms with Crippen LogP contribution in [0.25, 0.3) is 0 Å². The van der Waals surface area contributed by atoms with Crippen LogP contribution < -0.4 is 0 Å². The van der Waals surface area contributed by atoms with Gasteiger partial charge >= 0.3 is 5.97 Å². The van der Waals surface area contributed by atoms with Gasteiger partial charge < -0.3 is 9.47 Å². The average molecular weight is 162 g/mol. The Bertz CT molecular complexity index is 102. The van der Waals surface area contributed by atoms with Gasteiger partial charge in [0.2, 0.25) is 0 Å². The second kappa shape index (κ2) is 7.54. The molecule has 68 valence electrons. The number of rotatable bonds is 4. The molecule has 1 unspecified atom stereocenters. The van der Waals surface area contributed by atoms with E-state index in [1.807, 2.05) is 6.92 Å². The number of methoxy groups -OCH3 is 1. The SMILES string of the molecule is C.CCCOC(=O)C(C)OC. The molecule has 0 aromatic heterocycles. The van der Waals surface area contributed by atoms with Crippen LogP contribution in [0.5, 0.6) is 0 Å². The summed E-state index contributed by atoms with van der Waals surface area (Å²) in [5.41, 5.74) is 0. The molecule has 0 rings (SSSR count). The molecule has 0 saturated heterocycles. The van der Waals surface area contributed by atoms with Crippen LogP contribution in [0.4, 0.5) is 0 Å². The summed E-state index contributed by atoms with van der Waals surface area (Å²) in [7, 11) is 1.48. The summed E-state index contributed by atoms with van der Waals surface area (Å²) in [6, 6.07) is 0. The molecule has 11 heavy (non-hydrogen) atoms. The van der Waals surface area contributed by atoms with Crippen LogP contribution in [-0.2, 0) is 14.3 Å². The zero-order chi connectivity index (χ0) is 7.98. The molecule has 1 atom stereocenters. The smallest absolute Gasteiger partial charge is 0.334 e. The van der Waals surface area contributed by atoms with Crippen molar-refractivity contribution in [2.45, 2.75) is 33.8 Å². The minimum absolute atomic E-state index is 0. The topological polar surface area (TPSA) is 35.5 Å². The Balaban J connectivity index is 0. The maximum atomic E-state index is 10.8. The molecule has 0 radical (unpaired) electrons. The monoisotopic (exact) mass is 162 g/mol. The number of hydrogen-bond donors (Lipinski definition) is 0.